The van der Waals surface area contributed by atoms with E-state index in [1.54, 1.807) is 0 Å². The summed E-state index contributed by atoms with van der Waals surface area (Å²) in [7, 11) is 0. The Labute approximate surface area is 187 Å². The number of carbonyl (C=O) groups is 1. The number of hydrogen-bond donors (Lipinski definition) is 0. The molecular formula is C25H26N6O. The average molecular weight is 427 g/mol. The molecule has 1 fully saturated rings. The number of benzene rings is 2. The van der Waals surface area contributed by atoms with Crippen LogP contribution in [0.4, 0.5) is 5.82 Å². The van der Waals surface area contributed by atoms with E-state index in [1.165, 1.54) is 0 Å². The fourth-order valence-corrected chi connectivity index (χ4v) is 4.05. The number of para-hydroxylation sites is 1. The van der Waals surface area contributed by atoms with Gasteiger partial charge in [0, 0.05) is 37.7 Å². The summed E-state index contributed by atoms with van der Waals surface area (Å²) in [6, 6.07) is 19.5. The van der Waals surface area contributed by atoms with E-state index in [4.69, 9.17) is 9.97 Å². The molecule has 3 heterocycles. The first-order valence-electron chi connectivity index (χ1n) is 11.0. The molecule has 1 aliphatic rings. The number of fused-ring (bicyclic) bond motifs is 1. The van der Waals surface area contributed by atoms with Crippen molar-refractivity contribution in [1.82, 2.24) is 24.6 Å². The van der Waals surface area contributed by atoms with Gasteiger partial charge in [-0.25, -0.2) is 14.6 Å². The Balaban J connectivity index is 1.45. The SMILES string of the molecule is CC(C)c1nc(N2CCN(C(=O)c3ccccc3)CC2)c2cnn(-c3ccccc3)c2n1. The van der Waals surface area contributed by atoms with Crippen molar-refractivity contribution in [3.8, 4) is 5.69 Å². The topological polar surface area (TPSA) is 67.2 Å². The number of nitrogens with zero attached hydrogens (tertiary/aromatic N) is 6. The molecule has 0 bridgehead atoms. The lowest BCUT2D eigenvalue weighted by Crippen LogP contribution is -2.49. The molecule has 162 valence electrons. The number of anilines is 1. The Morgan fingerprint density at radius 1 is 0.875 bits per heavy atom. The maximum Gasteiger partial charge on any atom is 0.253 e. The minimum absolute atomic E-state index is 0.0813. The Hall–Kier alpha value is -3.74. The van der Waals surface area contributed by atoms with Gasteiger partial charge in [0.2, 0.25) is 0 Å². The van der Waals surface area contributed by atoms with Gasteiger partial charge in [-0.2, -0.15) is 5.10 Å². The van der Waals surface area contributed by atoms with Crippen molar-refractivity contribution in [3.63, 3.8) is 0 Å². The van der Waals surface area contributed by atoms with Gasteiger partial charge in [0.1, 0.15) is 11.6 Å². The van der Waals surface area contributed by atoms with Crippen LogP contribution < -0.4 is 4.90 Å². The third-order valence-electron chi connectivity index (χ3n) is 5.83. The zero-order valence-electron chi connectivity index (χ0n) is 18.3. The molecule has 0 radical (unpaired) electrons. The van der Waals surface area contributed by atoms with Crippen molar-refractivity contribution in [3.05, 3.63) is 78.2 Å². The van der Waals surface area contributed by atoms with Crippen LogP contribution >= 0.6 is 0 Å². The number of rotatable bonds is 4. The van der Waals surface area contributed by atoms with Crippen molar-refractivity contribution < 1.29 is 4.79 Å². The molecule has 7 nitrogen and oxygen atoms in total. The van der Waals surface area contributed by atoms with Crippen LogP contribution in [0.2, 0.25) is 0 Å². The fraction of sp³-hybridized carbons (Fsp3) is 0.280. The van der Waals surface area contributed by atoms with E-state index in [1.807, 2.05) is 76.4 Å². The molecule has 32 heavy (non-hydrogen) atoms. The molecular weight excluding hydrogens is 400 g/mol. The van der Waals surface area contributed by atoms with Crippen LogP contribution in [0.15, 0.2) is 66.9 Å². The predicted octanol–water partition coefficient (Wildman–Crippen LogP) is 3.90. The Bertz CT molecular complexity index is 1230. The summed E-state index contributed by atoms with van der Waals surface area (Å²) >= 11 is 0. The van der Waals surface area contributed by atoms with E-state index < -0.39 is 0 Å². The van der Waals surface area contributed by atoms with Gasteiger partial charge in [0.25, 0.3) is 5.91 Å². The second-order valence-electron chi connectivity index (χ2n) is 8.33. The van der Waals surface area contributed by atoms with Crippen molar-refractivity contribution in [2.75, 3.05) is 31.1 Å². The normalized spacial score (nSPS) is 14.3. The molecule has 4 aromatic rings. The van der Waals surface area contributed by atoms with Crippen molar-refractivity contribution in [2.45, 2.75) is 19.8 Å². The summed E-state index contributed by atoms with van der Waals surface area (Å²) in [4.78, 5) is 26.8. The highest BCUT2D eigenvalue weighted by atomic mass is 16.2. The molecule has 0 unspecified atom stereocenters. The lowest BCUT2D eigenvalue weighted by molar-refractivity contribution is 0.0746. The van der Waals surface area contributed by atoms with Crippen LogP contribution in [0.5, 0.6) is 0 Å². The van der Waals surface area contributed by atoms with E-state index in [-0.39, 0.29) is 11.8 Å². The van der Waals surface area contributed by atoms with Gasteiger partial charge in [-0.1, -0.05) is 50.2 Å². The predicted molar refractivity (Wildman–Crippen MR) is 125 cm³/mol. The van der Waals surface area contributed by atoms with E-state index >= 15 is 0 Å². The summed E-state index contributed by atoms with van der Waals surface area (Å²) in [5.74, 6) is 1.97. The van der Waals surface area contributed by atoms with Crippen LogP contribution in [0.3, 0.4) is 0 Å². The third kappa shape index (κ3) is 3.70. The second-order valence-corrected chi connectivity index (χ2v) is 8.33. The number of hydrogen-bond acceptors (Lipinski definition) is 5. The molecule has 0 N–H and O–H groups in total. The largest absolute Gasteiger partial charge is 0.352 e. The summed E-state index contributed by atoms with van der Waals surface area (Å²) in [6.07, 6.45) is 1.85. The minimum Gasteiger partial charge on any atom is -0.352 e. The molecule has 1 amide bonds. The first kappa shape index (κ1) is 20.2. The van der Waals surface area contributed by atoms with Gasteiger partial charge < -0.3 is 9.80 Å². The molecule has 1 aliphatic heterocycles. The third-order valence-corrected chi connectivity index (χ3v) is 5.83. The summed E-state index contributed by atoms with van der Waals surface area (Å²) in [5, 5.41) is 5.56. The maximum absolute atomic E-state index is 12.8. The summed E-state index contributed by atoms with van der Waals surface area (Å²) in [6.45, 7) is 6.96. The number of piperazine rings is 1. The van der Waals surface area contributed by atoms with Gasteiger partial charge in [-0.15, -0.1) is 0 Å². The van der Waals surface area contributed by atoms with E-state index in [0.29, 0.717) is 13.1 Å². The fourth-order valence-electron chi connectivity index (χ4n) is 4.05. The molecule has 0 aliphatic carbocycles. The molecule has 2 aromatic heterocycles. The van der Waals surface area contributed by atoms with E-state index in [0.717, 1.165) is 47.0 Å². The van der Waals surface area contributed by atoms with Crippen molar-refractivity contribution in [1.29, 1.82) is 0 Å². The highest BCUT2D eigenvalue weighted by Gasteiger charge is 2.26. The molecule has 2 aromatic carbocycles. The first-order chi connectivity index (χ1) is 15.6. The second kappa shape index (κ2) is 8.42. The van der Waals surface area contributed by atoms with Crippen LogP contribution in [0, 0.1) is 0 Å². The monoisotopic (exact) mass is 426 g/mol. The van der Waals surface area contributed by atoms with Gasteiger partial charge in [-0.3, -0.25) is 4.79 Å². The average Bonchev–Trinajstić information content (AvgIpc) is 3.28. The number of amides is 1. The lowest BCUT2D eigenvalue weighted by Gasteiger charge is -2.35. The summed E-state index contributed by atoms with van der Waals surface area (Å²) in [5.41, 5.74) is 2.52. The van der Waals surface area contributed by atoms with Gasteiger partial charge in [-0.05, 0) is 24.3 Å². The molecule has 7 heteroatoms. The number of aromatic nitrogens is 4. The number of carbonyl (C=O) groups excluding carboxylic acids is 1. The lowest BCUT2D eigenvalue weighted by atomic mass is 10.1. The van der Waals surface area contributed by atoms with E-state index in [2.05, 4.69) is 23.8 Å². The van der Waals surface area contributed by atoms with Crippen LogP contribution in [-0.2, 0) is 0 Å². The molecule has 0 spiro atoms. The molecule has 1 saturated heterocycles. The minimum atomic E-state index is 0.0813. The first-order valence-corrected chi connectivity index (χ1v) is 11.0. The standard InChI is InChI=1S/C25H26N6O/c1-18(2)22-27-23(21-17-26-31(24(21)28-22)20-11-7-4-8-12-20)29-13-15-30(16-14-29)25(32)19-9-5-3-6-10-19/h3-12,17-18H,13-16H2,1-2H3. The molecule has 0 saturated carbocycles. The maximum atomic E-state index is 12.8. The van der Waals surface area contributed by atoms with Gasteiger partial charge in [0.15, 0.2) is 5.65 Å². The van der Waals surface area contributed by atoms with Gasteiger partial charge >= 0.3 is 0 Å². The van der Waals surface area contributed by atoms with Gasteiger partial charge in [0.05, 0.1) is 17.3 Å². The molecule has 0 atom stereocenters. The quantitative estimate of drug-likeness (QED) is 0.495. The smallest absolute Gasteiger partial charge is 0.253 e. The Kier molecular flexibility index (Phi) is 5.31. The van der Waals surface area contributed by atoms with Crippen LogP contribution in [0.25, 0.3) is 16.7 Å². The van der Waals surface area contributed by atoms with Crippen molar-refractivity contribution >= 4 is 22.8 Å². The Morgan fingerprint density at radius 2 is 1.53 bits per heavy atom. The highest BCUT2D eigenvalue weighted by Crippen LogP contribution is 2.28. The van der Waals surface area contributed by atoms with E-state index in [9.17, 15) is 4.79 Å². The van der Waals surface area contributed by atoms with Crippen LogP contribution in [0.1, 0.15) is 35.9 Å². The zero-order chi connectivity index (χ0) is 22.1. The van der Waals surface area contributed by atoms with Crippen LogP contribution in [-0.4, -0.2) is 56.7 Å². The Morgan fingerprint density at radius 3 is 2.19 bits per heavy atom. The zero-order valence-corrected chi connectivity index (χ0v) is 18.3. The van der Waals surface area contributed by atoms with Crippen molar-refractivity contribution in [2.24, 2.45) is 0 Å². The molecule has 5 rings (SSSR count). The summed E-state index contributed by atoms with van der Waals surface area (Å²) < 4.78 is 1.88. The highest BCUT2D eigenvalue weighted by molar-refractivity contribution is 5.94.